The molecule has 0 unspecified atom stereocenters. The van der Waals surface area contributed by atoms with Crippen LogP contribution in [0.25, 0.3) is 0 Å². The molecule has 58 valence electrons. The normalized spacial score (nSPS) is 27.3. The number of hydrogen-bond acceptors (Lipinski definition) is 2. The first-order valence-electron chi connectivity index (χ1n) is 3.94. The minimum absolute atomic E-state index is 0.102. The zero-order chi connectivity index (χ0) is 7.90. The maximum Gasteiger partial charge on any atom is 0.155 e. The van der Waals surface area contributed by atoms with E-state index in [-0.39, 0.29) is 11.2 Å². The van der Waals surface area contributed by atoms with Gasteiger partial charge >= 0.3 is 0 Å². The van der Waals surface area contributed by atoms with Gasteiger partial charge in [0.15, 0.2) is 5.78 Å². The highest BCUT2D eigenvalue weighted by molar-refractivity contribution is 5.93. The number of allylic oxidation sites excluding steroid dienone is 2. The minimum Gasteiger partial charge on any atom is -0.300 e. The van der Waals surface area contributed by atoms with Gasteiger partial charge in [0.2, 0.25) is 0 Å². The van der Waals surface area contributed by atoms with Gasteiger partial charge in [0.25, 0.3) is 0 Å². The summed E-state index contributed by atoms with van der Waals surface area (Å²) < 4.78 is 0. The van der Waals surface area contributed by atoms with Crippen molar-refractivity contribution in [2.24, 2.45) is 5.41 Å². The molecule has 2 heteroatoms. The second kappa shape index (κ2) is 2.03. The fraction of sp³-hybridized carbons (Fsp3) is 0.556. The minimum atomic E-state index is 0.102. The highest BCUT2D eigenvalue weighted by atomic mass is 16.1. The molecule has 0 atom stereocenters. The maximum atomic E-state index is 10.8. The summed E-state index contributed by atoms with van der Waals surface area (Å²) in [6.07, 6.45) is 6.40. The van der Waals surface area contributed by atoms with Crippen LogP contribution in [0, 0.1) is 5.41 Å². The zero-order valence-corrected chi connectivity index (χ0v) is 6.30. The summed E-state index contributed by atoms with van der Waals surface area (Å²) in [5, 5.41) is 0. The van der Waals surface area contributed by atoms with Crippen molar-refractivity contribution in [1.29, 1.82) is 0 Å². The van der Waals surface area contributed by atoms with Crippen molar-refractivity contribution >= 4 is 11.6 Å². The second-order valence-electron chi connectivity index (χ2n) is 3.55. The van der Waals surface area contributed by atoms with Gasteiger partial charge in [0.05, 0.1) is 0 Å². The van der Waals surface area contributed by atoms with E-state index in [1.165, 1.54) is 0 Å². The first kappa shape index (κ1) is 6.77. The molecule has 0 amide bonds. The van der Waals surface area contributed by atoms with E-state index in [1.54, 1.807) is 6.08 Å². The summed E-state index contributed by atoms with van der Waals surface area (Å²) >= 11 is 0. The molecule has 0 aliphatic heterocycles. The van der Waals surface area contributed by atoms with E-state index in [2.05, 4.69) is 0 Å². The summed E-state index contributed by atoms with van der Waals surface area (Å²) in [6, 6.07) is 0. The summed E-state index contributed by atoms with van der Waals surface area (Å²) in [7, 11) is 0. The van der Waals surface area contributed by atoms with Crippen LogP contribution in [0.15, 0.2) is 12.2 Å². The number of carbonyl (C=O) groups excluding carboxylic acids is 2. The highest BCUT2D eigenvalue weighted by Crippen LogP contribution is 2.45. The monoisotopic (exact) mass is 150 g/mol. The van der Waals surface area contributed by atoms with Crippen LogP contribution in [0.5, 0.6) is 0 Å². The SMILES string of the molecule is O=C1C=CC2(CC1)CC(=O)C2. The van der Waals surface area contributed by atoms with E-state index in [0.717, 1.165) is 6.42 Å². The van der Waals surface area contributed by atoms with Crippen LogP contribution >= 0.6 is 0 Å². The lowest BCUT2D eigenvalue weighted by Gasteiger charge is -2.39. The predicted octanol–water partition coefficient (Wildman–Crippen LogP) is 1.25. The molecule has 0 heterocycles. The van der Waals surface area contributed by atoms with Crippen molar-refractivity contribution in [3.63, 3.8) is 0 Å². The first-order valence-corrected chi connectivity index (χ1v) is 3.94. The molecule has 0 aromatic carbocycles. The number of ketones is 2. The second-order valence-corrected chi connectivity index (χ2v) is 3.55. The van der Waals surface area contributed by atoms with Crippen molar-refractivity contribution in [3.05, 3.63) is 12.2 Å². The van der Waals surface area contributed by atoms with Gasteiger partial charge < -0.3 is 0 Å². The summed E-state index contributed by atoms with van der Waals surface area (Å²) in [5.41, 5.74) is 0.102. The lowest BCUT2D eigenvalue weighted by Crippen LogP contribution is -2.37. The van der Waals surface area contributed by atoms with Gasteiger partial charge in [-0.25, -0.2) is 0 Å². The highest BCUT2D eigenvalue weighted by Gasteiger charge is 2.42. The third-order valence-corrected chi connectivity index (χ3v) is 2.59. The van der Waals surface area contributed by atoms with Crippen LogP contribution in [0.3, 0.4) is 0 Å². The molecule has 1 saturated carbocycles. The van der Waals surface area contributed by atoms with E-state index in [1.807, 2.05) is 6.08 Å². The molecule has 0 N–H and O–H groups in total. The Labute approximate surface area is 65.3 Å². The van der Waals surface area contributed by atoms with Crippen molar-refractivity contribution in [1.82, 2.24) is 0 Å². The zero-order valence-electron chi connectivity index (χ0n) is 6.30. The van der Waals surface area contributed by atoms with E-state index in [0.29, 0.717) is 25.0 Å². The fourth-order valence-electron chi connectivity index (χ4n) is 1.84. The van der Waals surface area contributed by atoms with Crippen molar-refractivity contribution in [2.45, 2.75) is 25.7 Å². The molecular weight excluding hydrogens is 140 g/mol. The average molecular weight is 150 g/mol. The summed E-state index contributed by atoms with van der Waals surface area (Å²) in [4.78, 5) is 21.5. The molecular formula is C9H10O2. The topological polar surface area (TPSA) is 34.1 Å². The molecule has 0 radical (unpaired) electrons. The third-order valence-electron chi connectivity index (χ3n) is 2.59. The molecule has 0 bridgehead atoms. The molecule has 11 heavy (non-hydrogen) atoms. The van der Waals surface area contributed by atoms with E-state index in [4.69, 9.17) is 0 Å². The Morgan fingerprint density at radius 1 is 1.27 bits per heavy atom. The number of rotatable bonds is 0. The Hall–Kier alpha value is -0.920. The van der Waals surface area contributed by atoms with E-state index < -0.39 is 0 Å². The van der Waals surface area contributed by atoms with Crippen molar-refractivity contribution in [2.75, 3.05) is 0 Å². The van der Waals surface area contributed by atoms with Crippen LogP contribution < -0.4 is 0 Å². The molecule has 1 fully saturated rings. The van der Waals surface area contributed by atoms with E-state index in [9.17, 15) is 9.59 Å². The average Bonchev–Trinajstić information content (AvgIpc) is 1.92. The largest absolute Gasteiger partial charge is 0.300 e. The Morgan fingerprint density at radius 3 is 2.45 bits per heavy atom. The molecule has 2 aliphatic rings. The Bertz CT molecular complexity index is 242. The molecule has 0 aromatic rings. The number of carbonyl (C=O) groups is 2. The molecule has 2 nitrogen and oxygen atoms in total. The predicted molar refractivity (Wildman–Crippen MR) is 40.1 cm³/mol. The molecule has 0 saturated heterocycles. The quantitative estimate of drug-likeness (QED) is 0.521. The Kier molecular flexibility index (Phi) is 1.25. The molecule has 2 rings (SSSR count). The fourth-order valence-corrected chi connectivity index (χ4v) is 1.84. The Morgan fingerprint density at radius 2 is 2.00 bits per heavy atom. The molecule has 0 aromatic heterocycles. The van der Waals surface area contributed by atoms with Crippen LogP contribution in [-0.4, -0.2) is 11.6 Å². The van der Waals surface area contributed by atoms with Gasteiger partial charge in [-0.15, -0.1) is 0 Å². The lowest BCUT2D eigenvalue weighted by atomic mass is 9.63. The number of hydrogen-bond donors (Lipinski definition) is 0. The molecule has 1 spiro atoms. The Balaban J connectivity index is 2.13. The van der Waals surface area contributed by atoms with Crippen LogP contribution in [0.2, 0.25) is 0 Å². The lowest BCUT2D eigenvalue weighted by molar-refractivity contribution is -0.132. The van der Waals surface area contributed by atoms with Gasteiger partial charge in [-0.3, -0.25) is 9.59 Å². The van der Waals surface area contributed by atoms with Crippen LogP contribution in [0.4, 0.5) is 0 Å². The van der Waals surface area contributed by atoms with Crippen LogP contribution in [-0.2, 0) is 9.59 Å². The number of Topliss-reactive ketones (excluding diaryl/α,β-unsaturated/α-hetero) is 1. The van der Waals surface area contributed by atoms with Crippen LogP contribution in [0.1, 0.15) is 25.7 Å². The van der Waals surface area contributed by atoms with Gasteiger partial charge in [0, 0.05) is 24.7 Å². The standard InChI is InChI=1S/C9H10O2/c10-7-1-3-9(4-2-7)5-8(11)6-9/h1,3H,2,4-6H2. The third kappa shape index (κ3) is 1.02. The van der Waals surface area contributed by atoms with Gasteiger partial charge in [-0.1, -0.05) is 6.08 Å². The van der Waals surface area contributed by atoms with Crippen molar-refractivity contribution < 1.29 is 9.59 Å². The summed E-state index contributed by atoms with van der Waals surface area (Å²) in [5.74, 6) is 0.541. The first-order chi connectivity index (χ1) is 5.20. The van der Waals surface area contributed by atoms with Gasteiger partial charge in [-0.05, 0) is 12.5 Å². The smallest absolute Gasteiger partial charge is 0.155 e. The summed E-state index contributed by atoms with van der Waals surface area (Å²) in [6.45, 7) is 0. The van der Waals surface area contributed by atoms with Crippen molar-refractivity contribution in [3.8, 4) is 0 Å². The maximum absolute atomic E-state index is 10.8. The van der Waals surface area contributed by atoms with Gasteiger partial charge in [0.1, 0.15) is 5.78 Å². The molecule has 2 aliphatic carbocycles. The van der Waals surface area contributed by atoms with E-state index >= 15 is 0 Å². The van der Waals surface area contributed by atoms with Gasteiger partial charge in [-0.2, -0.15) is 0 Å².